The van der Waals surface area contributed by atoms with Crippen LogP contribution in [-0.4, -0.2) is 24.2 Å². The molecule has 3 aromatic rings. The number of pyridine rings is 1. The number of carbonyl (C=O) groups is 1. The molecule has 5 nitrogen and oxygen atoms in total. The Hall–Kier alpha value is -3.21. The van der Waals surface area contributed by atoms with Gasteiger partial charge in [-0.1, -0.05) is 30.3 Å². The van der Waals surface area contributed by atoms with Crippen molar-refractivity contribution < 1.29 is 9.53 Å². The Morgan fingerprint density at radius 2 is 2.00 bits per heavy atom. The van der Waals surface area contributed by atoms with Crippen molar-refractivity contribution in [2.45, 2.75) is 6.92 Å². The number of ether oxygens (including phenoxy) is 1. The molecule has 24 heavy (non-hydrogen) atoms. The van der Waals surface area contributed by atoms with E-state index in [2.05, 4.69) is 15.5 Å². The molecule has 1 heterocycles. The second-order valence-corrected chi connectivity index (χ2v) is 5.30. The zero-order valence-electron chi connectivity index (χ0n) is 13.5. The van der Waals surface area contributed by atoms with Crippen LogP contribution in [0.15, 0.2) is 59.7 Å². The smallest absolute Gasteiger partial charge is 0.272 e. The first kappa shape index (κ1) is 15.7. The normalized spacial score (nSPS) is 10.9. The van der Waals surface area contributed by atoms with Gasteiger partial charge < -0.3 is 4.74 Å². The minimum atomic E-state index is -0.268. The maximum absolute atomic E-state index is 12.4. The molecule has 2 aromatic carbocycles. The molecule has 0 atom stereocenters. The second-order valence-electron chi connectivity index (χ2n) is 5.30. The van der Waals surface area contributed by atoms with Gasteiger partial charge in [-0.25, -0.2) is 5.43 Å². The van der Waals surface area contributed by atoms with E-state index in [4.69, 9.17) is 4.74 Å². The van der Waals surface area contributed by atoms with E-state index in [1.807, 2.05) is 55.5 Å². The summed E-state index contributed by atoms with van der Waals surface area (Å²) in [6.45, 7) is 1.86. The first-order chi connectivity index (χ1) is 11.7. The maximum atomic E-state index is 12.4. The number of nitrogens with one attached hydrogen (secondary N) is 1. The first-order valence-electron chi connectivity index (χ1n) is 7.51. The summed E-state index contributed by atoms with van der Waals surface area (Å²) in [7, 11) is 1.61. The summed E-state index contributed by atoms with van der Waals surface area (Å²) in [4.78, 5) is 16.9. The van der Waals surface area contributed by atoms with E-state index in [9.17, 15) is 4.79 Å². The van der Waals surface area contributed by atoms with Gasteiger partial charge in [-0.15, -0.1) is 0 Å². The summed E-state index contributed by atoms with van der Waals surface area (Å²) in [6, 6.07) is 16.7. The van der Waals surface area contributed by atoms with E-state index < -0.39 is 0 Å². The monoisotopic (exact) mass is 319 g/mol. The fraction of sp³-hybridized carbons (Fsp3) is 0.105. The van der Waals surface area contributed by atoms with Crippen LogP contribution in [0.3, 0.4) is 0 Å². The number of methoxy groups -OCH3 is 1. The molecule has 0 spiro atoms. The summed E-state index contributed by atoms with van der Waals surface area (Å²) in [6.07, 6.45) is 1.58. The number of nitrogens with zero attached hydrogens (tertiary/aromatic N) is 2. The number of para-hydroxylation sites is 1. The Bertz CT molecular complexity index is 919. The Morgan fingerprint density at radius 3 is 2.83 bits per heavy atom. The van der Waals surface area contributed by atoms with Crippen LogP contribution in [-0.2, 0) is 0 Å². The van der Waals surface area contributed by atoms with E-state index in [1.54, 1.807) is 19.4 Å². The predicted octanol–water partition coefficient (Wildman–Crippen LogP) is 3.32. The maximum Gasteiger partial charge on any atom is 0.272 e. The highest BCUT2D eigenvalue weighted by Gasteiger charge is 2.10. The molecule has 0 aliphatic rings. The van der Waals surface area contributed by atoms with Gasteiger partial charge >= 0.3 is 0 Å². The molecule has 0 fully saturated rings. The minimum absolute atomic E-state index is 0.268. The van der Waals surface area contributed by atoms with Crippen molar-refractivity contribution in [2.75, 3.05) is 7.11 Å². The van der Waals surface area contributed by atoms with Crippen molar-refractivity contribution in [3.05, 3.63) is 71.4 Å². The van der Waals surface area contributed by atoms with Gasteiger partial charge in [0.1, 0.15) is 5.75 Å². The number of fused-ring (bicyclic) bond motifs is 1. The minimum Gasteiger partial charge on any atom is -0.497 e. The van der Waals surface area contributed by atoms with Crippen molar-refractivity contribution >= 4 is 23.0 Å². The fourth-order valence-electron chi connectivity index (χ4n) is 2.44. The van der Waals surface area contributed by atoms with Gasteiger partial charge in [-0.3, -0.25) is 9.78 Å². The third kappa shape index (κ3) is 3.41. The fourth-order valence-corrected chi connectivity index (χ4v) is 2.44. The van der Waals surface area contributed by atoms with Gasteiger partial charge in [0, 0.05) is 11.1 Å². The Balaban J connectivity index is 1.81. The molecule has 120 valence electrons. The standard InChI is InChI=1S/C19H17N3O2/c1-13-10-17(16-8-3-4-9-18(16)21-13)19(23)22-20-12-14-6-5-7-15(11-14)24-2/h3-12H,1-2H3,(H,22,23)/b20-12-. The lowest BCUT2D eigenvalue weighted by atomic mass is 10.1. The number of aromatic nitrogens is 1. The first-order valence-corrected chi connectivity index (χ1v) is 7.51. The summed E-state index contributed by atoms with van der Waals surface area (Å²) < 4.78 is 5.16. The Labute approximate surface area is 140 Å². The molecule has 0 unspecified atom stereocenters. The summed E-state index contributed by atoms with van der Waals surface area (Å²) in [5, 5.41) is 4.83. The number of hydrogen-bond acceptors (Lipinski definition) is 4. The van der Waals surface area contributed by atoms with Crippen LogP contribution >= 0.6 is 0 Å². The van der Waals surface area contributed by atoms with Crippen molar-refractivity contribution in [2.24, 2.45) is 5.10 Å². The van der Waals surface area contributed by atoms with Crippen LogP contribution in [0.1, 0.15) is 21.6 Å². The SMILES string of the molecule is COc1cccc(/C=N\NC(=O)c2cc(C)nc3ccccc23)c1. The zero-order chi connectivity index (χ0) is 16.9. The van der Waals surface area contributed by atoms with Crippen molar-refractivity contribution in [3.63, 3.8) is 0 Å². The number of hydrazone groups is 1. The van der Waals surface area contributed by atoms with E-state index in [-0.39, 0.29) is 5.91 Å². The van der Waals surface area contributed by atoms with E-state index in [0.29, 0.717) is 5.56 Å². The molecule has 5 heteroatoms. The highest BCUT2D eigenvalue weighted by Crippen LogP contribution is 2.18. The van der Waals surface area contributed by atoms with Gasteiger partial charge in [0.25, 0.3) is 5.91 Å². The summed E-state index contributed by atoms with van der Waals surface area (Å²) >= 11 is 0. The highest BCUT2D eigenvalue weighted by atomic mass is 16.5. The zero-order valence-corrected chi connectivity index (χ0v) is 13.5. The summed E-state index contributed by atoms with van der Waals surface area (Å²) in [5.74, 6) is 0.469. The molecule has 0 saturated heterocycles. The number of benzene rings is 2. The van der Waals surface area contributed by atoms with Crippen LogP contribution in [0.5, 0.6) is 5.75 Å². The molecule has 1 aromatic heterocycles. The molecular weight excluding hydrogens is 302 g/mol. The molecule has 3 rings (SSSR count). The van der Waals surface area contributed by atoms with E-state index >= 15 is 0 Å². The van der Waals surface area contributed by atoms with Crippen molar-refractivity contribution in [1.82, 2.24) is 10.4 Å². The lowest BCUT2D eigenvalue weighted by Gasteiger charge is -2.06. The average molecular weight is 319 g/mol. The third-order valence-electron chi connectivity index (χ3n) is 3.56. The van der Waals surface area contributed by atoms with E-state index in [1.165, 1.54) is 0 Å². The topological polar surface area (TPSA) is 63.6 Å². The quantitative estimate of drug-likeness (QED) is 0.593. The summed E-state index contributed by atoms with van der Waals surface area (Å²) in [5.41, 5.74) is 5.54. The van der Waals surface area contributed by atoms with Gasteiger partial charge in [0.2, 0.25) is 0 Å². The molecule has 1 amide bonds. The van der Waals surface area contributed by atoms with Crippen LogP contribution in [0.2, 0.25) is 0 Å². The lowest BCUT2D eigenvalue weighted by molar-refractivity contribution is 0.0956. The molecule has 0 aliphatic heterocycles. The van der Waals surface area contributed by atoms with Crippen LogP contribution < -0.4 is 10.2 Å². The lowest BCUT2D eigenvalue weighted by Crippen LogP contribution is -2.18. The largest absolute Gasteiger partial charge is 0.497 e. The Kier molecular flexibility index (Phi) is 4.52. The number of amides is 1. The number of rotatable bonds is 4. The van der Waals surface area contributed by atoms with Crippen LogP contribution in [0, 0.1) is 6.92 Å². The molecule has 1 N–H and O–H groups in total. The van der Waals surface area contributed by atoms with Gasteiger partial charge in [-0.2, -0.15) is 5.10 Å². The highest BCUT2D eigenvalue weighted by molar-refractivity contribution is 6.06. The Morgan fingerprint density at radius 1 is 1.17 bits per heavy atom. The van der Waals surface area contributed by atoms with Gasteiger partial charge in [-0.05, 0) is 36.8 Å². The molecule has 0 bridgehead atoms. The van der Waals surface area contributed by atoms with Gasteiger partial charge in [0.05, 0.1) is 24.4 Å². The van der Waals surface area contributed by atoms with Crippen molar-refractivity contribution in [1.29, 1.82) is 0 Å². The predicted molar refractivity (Wildman–Crippen MR) is 94.5 cm³/mol. The van der Waals surface area contributed by atoms with Crippen LogP contribution in [0.4, 0.5) is 0 Å². The molecule has 0 aliphatic carbocycles. The number of hydrogen-bond donors (Lipinski definition) is 1. The molecule has 0 radical (unpaired) electrons. The molecule has 0 saturated carbocycles. The third-order valence-corrected chi connectivity index (χ3v) is 3.56. The number of carbonyl (C=O) groups excluding carboxylic acids is 1. The second kappa shape index (κ2) is 6.91. The number of aryl methyl sites for hydroxylation is 1. The van der Waals surface area contributed by atoms with E-state index in [0.717, 1.165) is 27.9 Å². The molecular formula is C19H17N3O2. The van der Waals surface area contributed by atoms with Crippen LogP contribution in [0.25, 0.3) is 10.9 Å². The van der Waals surface area contributed by atoms with Gasteiger partial charge in [0.15, 0.2) is 0 Å². The van der Waals surface area contributed by atoms with Crippen molar-refractivity contribution in [3.8, 4) is 5.75 Å². The average Bonchev–Trinajstić information content (AvgIpc) is 2.61.